The highest BCUT2D eigenvalue weighted by Gasteiger charge is 2.24. The first-order valence-electron chi connectivity index (χ1n) is 13.0. The molecule has 4 N–H and O–H groups in total. The lowest BCUT2D eigenvalue weighted by Crippen LogP contribution is -2.30. The Labute approximate surface area is 236 Å². The van der Waals surface area contributed by atoms with Crippen molar-refractivity contribution in [2.75, 3.05) is 25.7 Å². The summed E-state index contributed by atoms with van der Waals surface area (Å²) in [6.07, 6.45) is 6.03. The summed E-state index contributed by atoms with van der Waals surface area (Å²) >= 11 is 0. The molecule has 9 nitrogen and oxygen atoms in total. The van der Waals surface area contributed by atoms with Crippen molar-refractivity contribution in [2.24, 2.45) is 5.10 Å². The van der Waals surface area contributed by atoms with Crippen LogP contribution >= 0.6 is 0 Å². The number of rotatable bonds is 7. The molecule has 9 heteroatoms. The maximum Gasteiger partial charge on any atom is 0.267 e. The SMILES string of the molecule is C=C(C)C.CCc1nc(N)nc(N)c1Cc1cc(/C=C/C(=O)N2N=Cc3ccccc3C2C)c(OC)c(OC)c1. The van der Waals surface area contributed by atoms with Gasteiger partial charge in [0.2, 0.25) is 5.95 Å². The van der Waals surface area contributed by atoms with E-state index in [-0.39, 0.29) is 17.9 Å². The van der Waals surface area contributed by atoms with Crippen molar-refractivity contribution in [3.63, 3.8) is 0 Å². The topological polar surface area (TPSA) is 129 Å². The summed E-state index contributed by atoms with van der Waals surface area (Å²) in [7, 11) is 3.13. The Morgan fingerprint density at radius 3 is 2.48 bits per heavy atom. The van der Waals surface area contributed by atoms with Crippen LogP contribution in [-0.4, -0.2) is 41.3 Å². The first-order chi connectivity index (χ1) is 19.1. The summed E-state index contributed by atoms with van der Waals surface area (Å²) in [5.74, 6) is 1.30. The molecule has 0 aliphatic carbocycles. The molecular weight excluding hydrogens is 504 g/mol. The van der Waals surface area contributed by atoms with Gasteiger partial charge in [-0.25, -0.2) is 9.99 Å². The normalized spacial score (nSPS) is 13.8. The molecule has 1 amide bonds. The third kappa shape index (κ3) is 7.05. The van der Waals surface area contributed by atoms with Crippen molar-refractivity contribution < 1.29 is 14.3 Å². The Morgan fingerprint density at radius 1 is 1.12 bits per heavy atom. The van der Waals surface area contributed by atoms with Crippen LogP contribution < -0.4 is 20.9 Å². The van der Waals surface area contributed by atoms with Gasteiger partial charge in [0.1, 0.15) is 5.82 Å². The number of ether oxygens (including phenoxy) is 2. The molecule has 4 rings (SSSR count). The highest BCUT2D eigenvalue weighted by Crippen LogP contribution is 2.35. The molecule has 0 fully saturated rings. The molecule has 1 aromatic heterocycles. The third-order valence-electron chi connectivity index (χ3n) is 6.19. The fourth-order valence-electron chi connectivity index (χ4n) is 4.39. The summed E-state index contributed by atoms with van der Waals surface area (Å²) in [6.45, 7) is 11.4. The third-order valence-corrected chi connectivity index (χ3v) is 6.19. The van der Waals surface area contributed by atoms with Crippen molar-refractivity contribution in [1.29, 1.82) is 0 Å². The number of amides is 1. The van der Waals surface area contributed by atoms with E-state index in [0.29, 0.717) is 35.7 Å². The quantitative estimate of drug-likeness (QED) is 0.304. The Bertz CT molecular complexity index is 1440. The number of nitrogens with two attached hydrogens (primary N) is 2. The van der Waals surface area contributed by atoms with Crippen LogP contribution in [0.3, 0.4) is 0 Å². The molecule has 2 aromatic carbocycles. The van der Waals surface area contributed by atoms with Gasteiger partial charge in [-0.05, 0) is 62.1 Å². The highest BCUT2D eigenvalue weighted by atomic mass is 16.5. The average Bonchev–Trinajstić information content (AvgIpc) is 2.92. The standard InChI is InChI=1S/C27H30N6O3.C4H8/c1-5-22-21(26(28)32-27(29)31-22)13-17-12-18(25(36-4)23(14-17)35-3)10-11-24(34)33-16(2)20-9-7-6-8-19(20)15-30-33;1-4(2)3/h6-12,14-16H,5,13H2,1-4H3,(H4,28,29,31,32);1H2,2-3H3/b11-10+;. The first-order valence-corrected chi connectivity index (χ1v) is 13.0. The Morgan fingerprint density at radius 2 is 1.82 bits per heavy atom. The Hall–Kier alpha value is -4.66. The van der Waals surface area contributed by atoms with Gasteiger partial charge in [0.05, 0.1) is 32.2 Å². The van der Waals surface area contributed by atoms with Gasteiger partial charge in [0.25, 0.3) is 5.91 Å². The van der Waals surface area contributed by atoms with Gasteiger partial charge >= 0.3 is 0 Å². The monoisotopic (exact) mass is 542 g/mol. The second-order valence-electron chi connectivity index (χ2n) is 9.62. The van der Waals surface area contributed by atoms with Gasteiger partial charge in [0, 0.05) is 23.6 Å². The molecule has 1 atom stereocenters. The van der Waals surface area contributed by atoms with Gasteiger partial charge in [0.15, 0.2) is 11.5 Å². The summed E-state index contributed by atoms with van der Waals surface area (Å²) in [5.41, 5.74) is 18.3. The maximum atomic E-state index is 13.1. The predicted octanol–water partition coefficient (Wildman–Crippen LogP) is 5.34. The largest absolute Gasteiger partial charge is 0.493 e. The van der Waals surface area contributed by atoms with E-state index in [2.05, 4.69) is 21.6 Å². The van der Waals surface area contributed by atoms with Crippen molar-refractivity contribution in [3.8, 4) is 11.5 Å². The molecule has 1 aliphatic heterocycles. The molecule has 0 saturated carbocycles. The van der Waals surface area contributed by atoms with Crippen LogP contribution in [0.15, 0.2) is 59.7 Å². The lowest BCUT2D eigenvalue weighted by molar-refractivity contribution is -0.128. The second kappa shape index (κ2) is 13.4. The van der Waals surface area contributed by atoms with Crippen molar-refractivity contribution in [3.05, 3.63) is 88.1 Å². The van der Waals surface area contributed by atoms with E-state index in [1.54, 1.807) is 26.5 Å². The van der Waals surface area contributed by atoms with Crippen molar-refractivity contribution in [1.82, 2.24) is 15.0 Å². The average molecular weight is 543 g/mol. The summed E-state index contributed by atoms with van der Waals surface area (Å²) < 4.78 is 11.2. The number of hydrogen-bond donors (Lipinski definition) is 2. The van der Waals surface area contributed by atoms with Crippen LogP contribution in [0, 0.1) is 0 Å². The first kappa shape index (κ1) is 29.9. The molecule has 0 radical (unpaired) electrons. The molecule has 0 saturated heterocycles. The lowest BCUT2D eigenvalue weighted by atomic mass is 9.99. The minimum absolute atomic E-state index is 0.153. The van der Waals surface area contributed by atoms with Crippen molar-refractivity contribution >= 4 is 30.0 Å². The van der Waals surface area contributed by atoms with Gasteiger partial charge < -0.3 is 20.9 Å². The zero-order chi connectivity index (χ0) is 29.4. The van der Waals surface area contributed by atoms with E-state index < -0.39 is 0 Å². The number of hydrogen-bond acceptors (Lipinski definition) is 8. The van der Waals surface area contributed by atoms with E-state index in [4.69, 9.17) is 20.9 Å². The summed E-state index contributed by atoms with van der Waals surface area (Å²) in [6, 6.07) is 11.5. The number of hydrazone groups is 1. The van der Waals surface area contributed by atoms with Crippen LogP contribution in [0.25, 0.3) is 6.08 Å². The zero-order valence-electron chi connectivity index (χ0n) is 24.1. The van der Waals surface area contributed by atoms with E-state index >= 15 is 0 Å². The number of carbonyl (C=O) groups excluding carboxylic acids is 1. The van der Waals surface area contributed by atoms with Gasteiger partial charge in [-0.2, -0.15) is 10.1 Å². The molecule has 0 bridgehead atoms. The molecule has 40 heavy (non-hydrogen) atoms. The lowest BCUT2D eigenvalue weighted by Gasteiger charge is -2.28. The van der Waals surface area contributed by atoms with Gasteiger partial charge in [-0.15, -0.1) is 6.58 Å². The number of nitrogens with zero attached hydrogens (tertiary/aromatic N) is 4. The number of nitrogen functional groups attached to an aromatic ring is 2. The smallest absolute Gasteiger partial charge is 0.267 e. The van der Waals surface area contributed by atoms with E-state index in [9.17, 15) is 4.79 Å². The van der Waals surface area contributed by atoms with Gasteiger partial charge in [-0.3, -0.25) is 4.79 Å². The number of aryl methyl sites for hydroxylation is 1. The molecule has 1 unspecified atom stereocenters. The number of anilines is 2. The fourth-order valence-corrected chi connectivity index (χ4v) is 4.39. The predicted molar refractivity (Wildman–Crippen MR) is 161 cm³/mol. The van der Waals surface area contributed by atoms with Crippen LogP contribution in [0.2, 0.25) is 0 Å². The summed E-state index contributed by atoms with van der Waals surface area (Å²) in [5, 5.41) is 5.83. The van der Waals surface area contributed by atoms with Crippen LogP contribution in [-0.2, 0) is 17.6 Å². The number of carbonyl (C=O) groups is 1. The highest BCUT2D eigenvalue weighted by molar-refractivity contribution is 5.95. The fraction of sp³-hybridized carbons (Fsp3) is 0.290. The van der Waals surface area contributed by atoms with Crippen LogP contribution in [0.1, 0.15) is 67.2 Å². The van der Waals surface area contributed by atoms with Crippen LogP contribution in [0.5, 0.6) is 11.5 Å². The van der Waals surface area contributed by atoms with E-state index in [1.807, 2.05) is 64.1 Å². The molecule has 210 valence electrons. The van der Waals surface area contributed by atoms with Crippen LogP contribution in [0.4, 0.5) is 11.8 Å². The zero-order valence-corrected chi connectivity index (χ0v) is 24.1. The molecular formula is C31H38N6O3. The number of fused-ring (bicyclic) bond motifs is 1. The summed E-state index contributed by atoms with van der Waals surface area (Å²) in [4.78, 5) is 21.5. The number of aromatic nitrogens is 2. The van der Waals surface area contributed by atoms with E-state index in [1.165, 1.54) is 16.7 Å². The molecule has 1 aliphatic rings. The minimum atomic E-state index is -0.246. The number of methoxy groups -OCH3 is 2. The molecule has 3 aromatic rings. The Balaban J connectivity index is 0.00000103. The Kier molecular flexibility index (Phi) is 10.0. The maximum absolute atomic E-state index is 13.1. The second-order valence-corrected chi connectivity index (χ2v) is 9.62. The number of allylic oxidation sites excluding steroid dienone is 1. The minimum Gasteiger partial charge on any atom is -0.493 e. The number of benzene rings is 2. The van der Waals surface area contributed by atoms with E-state index in [0.717, 1.165) is 27.9 Å². The molecule has 0 spiro atoms. The molecule has 2 heterocycles. The van der Waals surface area contributed by atoms with Crippen molar-refractivity contribution in [2.45, 2.75) is 46.6 Å². The van der Waals surface area contributed by atoms with Gasteiger partial charge in [-0.1, -0.05) is 36.8 Å².